The smallest absolute Gasteiger partial charge is 0 e. The maximum atomic E-state index is 3.30. The van der Waals surface area contributed by atoms with Crippen molar-refractivity contribution in [2.45, 2.75) is 32.6 Å². The number of unbranched alkanes of at least 4 members (excludes halogenated alkanes) is 1. The molecule has 0 nitrogen and oxygen atoms in total. The predicted molar refractivity (Wildman–Crippen MR) is 40.0 cm³/mol. The maximum absolute atomic E-state index is 3.30. The van der Waals surface area contributed by atoms with Gasteiger partial charge in [-0.15, -0.1) is 6.42 Å². The van der Waals surface area contributed by atoms with Gasteiger partial charge in [0.15, 0.2) is 0 Å². The molecule has 0 saturated heterocycles. The van der Waals surface area contributed by atoms with Gasteiger partial charge in [-0.3, -0.25) is 6.08 Å². The van der Waals surface area contributed by atoms with E-state index in [2.05, 4.69) is 25.2 Å². The molecule has 0 spiro atoms. The van der Waals surface area contributed by atoms with Crippen molar-refractivity contribution >= 4 is 0 Å². The Bertz CT molecular complexity index is 141. The normalized spacial score (nSPS) is 12.2. The van der Waals surface area contributed by atoms with Gasteiger partial charge in [0.2, 0.25) is 0 Å². The molecule has 1 rings (SSSR count). The number of halogens is 2. The molecule has 0 fully saturated rings. The van der Waals surface area contributed by atoms with Crippen molar-refractivity contribution in [3.63, 3.8) is 0 Å². The molecule has 0 aromatic carbocycles. The van der Waals surface area contributed by atoms with E-state index in [0.29, 0.717) is 0 Å². The summed E-state index contributed by atoms with van der Waals surface area (Å²) >= 11 is 0. The second kappa shape index (κ2) is 11.2. The topological polar surface area (TPSA) is 0 Å². The van der Waals surface area contributed by atoms with Crippen LogP contribution in [0.4, 0.5) is 0 Å². The summed E-state index contributed by atoms with van der Waals surface area (Å²) in [6.07, 6.45) is 12.5. The third-order valence-corrected chi connectivity index (χ3v) is 1.57. The van der Waals surface area contributed by atoms with Crippen LogP contribution in [-0.2, 0) is 25.8 Å². The van der Waals surface area contributed by atoms with Crippen LogP contribution >= 0.6 is 0 Å². The SMILES string of the molecule is CCCCC1=[C-]CC=C1.[F-].[F-].[Hf]. The molecular weight excluding hydrogens is 325 g/mol. The van der Waals surface area contributed by atoms with E-state index in [0.717, 1.165) is 6.42 Å². The number of hydrogen-bond acceptors (Lipinski definition) is 0. The number of allylic oxidation sites excluding steroid dienone is 4. The molecule has 0 N–H and O–H groups in total. The van der Waals surface area contributed by atoms with E-state index in [4.69, 9.17) is 0 Å². The fraction of sp³-hybridized carbons (Fsp3) is 0.556. The summed E-state index contributed by atoms with van der Waals surface area (Å²) < 4.78 is 0. The standard InChI is InChI=1S/C9H13.2FH.Hf/c1-2-3-6-9-7-4-5-8-9;;;/h4,7H,2-3,5-6H2,1H3;2*1H;/q-1;;;/p-2. The summed E-state index contributed by atoms with van der Waals surface area (Å²) in [5.41, 5.74) is 1.41. The van der Waals surface area contributed by atoms with Crippen molar-refractivity contribution < 1.29 is 35.3 Å². The Morgan fingerprint density at radius 1 is 1.42 bits per heavy atom. The van der Waals surface area contributed by atoms with Crippen LogP contribution in [0.15, 0.2) is 17.7 Å². The van der Waals surface area contributed by atoms with Gasteiger partial charge in [-0.25, -0.2) is 11.6 Å². The van der Waals surface area contributed by atoms with Crippen LogP contribution in [0.2, 0.25) is 0 Å². The van der Waals surface area contributed by atoms with E-state index < -0.39 is 0 Å². The Balaban J connectivity index is -0.000000270. The molecule has 12 heavy (non-hydrogen) atoms. The second-order valence-electron chi connectivity index (χ2n) is 2.41. The molecule has 0 heterocycles. The molecular formula is C9H13F2Hf-3. The maximum Gasteiger partial charge on any atom is 0 e. The Kier molecular flexibility index (Phi) is 16.9. The van der Waals surface area contributed by atoms with Crippen LogP contribution in [0.5, 0.6) is 0 Å². The molecule has 0 radical (unpaired) electrons. The predicted octanol–water partition coefficient (Wildman–Crippen LogP) is -3.13. The molecule has 3 heteroatoms. The summed E-state index contributed by atoms with van der Waals surface area (Å²) in [4.78, 5) is 0. The summed E-state index contributed by atoms with van der Waals surface area (Å²) in [6.45, 7) is 2.22. The monoisotopic (exact) mass is 339 g/mol. The number of rotatable bonds is 3. The van der Waals surface area contributed by atoms with Crippen LogP contribution in [0, 0.1) is 6.08 Å². The molecule has 0 atom stereocenters. The van der Waals surface area contributed by atoms with E-state index in [1.165, 1.54) is 24.8 Å². The van der Waals surface area contributed by atoms with Gasteiger partial charge in [-0.1, -0.05) is 26.2 Å². The first-order chi connectivity index (χ1) is 4.43. The Hall–Kier alpha value is 0.210. The Labute approximate surface area is 91.6 Å². The minimum atomic E-state index is 0. The Morgan fingerprint density at radius 2 is 2.08 bits per heavy atom. The first-order valence-electron chi connectivity index (χ1n) is 3.69. The molecule has 1 aliphatic rings. The van der Waals surface area contributed by atoms with E-state index in [1.54, 1.807) is 0 Å². The van der Waals surface area contributed by atoms with Crippen LogP contribution < -0.4 is 9.41 Å². The minimum Gasteiger partial charge on any atom is -1.00 e. The molecule has 0 aromatic rings. The van der Waals surface area contributed by atoms with E-state index in [1.807, 2.05) is 0 Å². The summed E-state index contributed by atoms with van der Waals surface area (Å²) in [7, 11) is 0. The third kappa shape index (κ3) is 6.89. The van der Waals surface area contributed by atoms with Gasteiger partial charge in [-0.05, 0) is 0 Å². The fourth-order valence-corrected chi connectivity index (χ4v) is 0.989. The van der Waals surface area contributed by atoms with Crippen molar-refractivity contribution in [2.24, 2.45) is 0 Å². The van der Waals surface area contributed by atoms with Crippen molar-refractivity contribution in [2.75, 3.05) is 0 Å². The zero-order chi connectivity index (χ0) is 6.53. The molecule has 0 aromatic heterocycles. The first-order valence-corrected chi connectivity index (χ1v) is 3.69. The third-order valence-electron chi connectivity index (χ3n) is 1.57. The molecule has 0 bridgehead atoms. The Morgan fingerprint density at radius 3 is 2.50 bits per heavy atom. The minimum absolute atomic E-state index is 0. The van der Waals surface area contributed by atoms with Gasteiger partial charge >= 0.3 is 0 Å². The quantitative estimate of drug-likeness (QED) is 0.377. The van der Waals surface area contributed by atoms with Crippen molar-refractivity contribution in [3.8, 4) is 0 Å². The van der Waals surface area contributed by atoms with Crippen molar-refractivity contribution in [1.82, 2.24) is 0 Å². The molecule has 1 aliphatic carbocycles. The van der Waals surface area contributed by atoms with Gasteiger partial charge in [0.25, 0.3) is 0 Å². The van der Waals surface area contributed by atoms with Crippen LogP contribution in [0.3, 0.4) is 0 Å². The van der Waals surface area contributed by atoms with Gasteiger partial charge in [0, 0.05) is 25.8 Å². The molecule has 0 saturated carbocycles. The summed E-state index contributed by atoms with van der Waals surface area (Å²) in [5.74, 6) is 0. The fourth-order valence-electron chi connectivity index (χ4n) is 0.989. The van der Waals surface area contributed by atoms with Crippen molar-refractivity contribution in [1.29, 1.82) is 0 Å². The van der Waals surface area contributed by atoms with Crippen LogP contribution in [-0.4, -0.2) is 0 Å². The summed E-state index contributed by atoms with van der Waals surface area (Å²) in [6, 6.07) is 0. The van der Waals surface area contributed by atoms with Gasteiger partial charge in [-0.2, -0.15) is 6.08 Å². The molecule has 0 unspecified atom stereocenters. The average molecular weight is 338 g/mol. The first kappa shape index (κ1) is 18.1. The zero-order valence-corrected chi connectivity index (χ0v) is 10.8. The van der Waals surface area contributed by atoms with Gasteiger partial charge in [0.1, 0.15) is 0 Å². The second-order valence-corrected chi connectivity index (χ2v) is 2.41. The van der Waals surface area contributed by atoms with Gasteiger partial charge in [0.05, 0.1) is 0 Å². The van der Waals surface area contributed by atoms with E-state index in [9.17, 15) is 0 Å². The zero-order valence-electron chi connectivity index (χ0n) is 7.24. The van der Waals surface area contributed by atoms with Gasteiger partial charge < -0.3 is 9.41 Å². The summed E-state index contributed by atoms with van der Waals surface area (Å²) in [5, 5.41) is 0. The average Bonchev–Trinajstić information content (AvgIpc) is 2.34. The van der Waals surface area contributed by atoms with Crippen molar-refractivity contribution in [3.05, 3.63) is 23.8 Å². The van der Waals surface area contributed by atoms with E-state index >= 15 is 0 Å². The molecule has 70 valence electrons. The molecule has 0 aliphatic heterocycles. The largest absolute Gasteiger partial charge is 1.00 e. The number of hydrogen-bond donors (Lipinski definition) is 0. The molecule has 0 amide bonds. The van der Waals surface area contributed by atoms with E-state index in [-0.39, 0.29) is 35.3 Å². The van der Waals surface area contributed by atoms with Crippen LogP contribution in [0.25, 0.3) is 0 Å². The van der Waals surface area contributed by atoms with Crippen LogP contribution in [0.1, 0.15) is 32.6 Å².